The third-order valence-electron chi connectivity index (χ3n) is 6.90. The van der Waals surface area contributed by atoms with Crippen LogP contribution in [0, 0.1) is 28.1 Å². The predicted molar refractivity (Wildman–Crippen MR) is 154 cm³/mol. The minimum atomic E-state index is -0.223. The molecule has 4 aromatic rings. The third kappa shape index (κ3) is 4.92. The summed E-state index contributed by atoms with van der Waals surface area (Å²) in [6.45, 7) is 7.07. The minimum absolute atomic E-state index is 0.00273. The quantitative estimate of drug-likeness (QED) is 0.242. The van der Waals surface area contributed by atoms with Gasteiger partial charge < -0.3 is 16.1 Å². The van der Waals surface area contributed by atoms with Crippen molar-refractivity contribution in [1.29, 1.82) is 10.5 Å². The zero-order valence-electron chi connectivity index (χ0n) is 22.0. The molecule has 0 spiro atoms. The van der Waals surface area contributed by atoms with Crippen molar-refractivity contribution in [1.82, 2.24) is 25.9 Å². The third-order valence-corrected chi connectivity index (χ3v) is 7.85. The first kappa shape index (κ1) is 24.9. The van der Waals surface area contributed by atoms with Crippen LogP contribution in [0.25, 0.3) is 21.0 Å². The number of nitriles is 2. The van der Waals surface area contributed by atoms with Gasteiger partial charge in [0.2, 0.25) is 0 Å². The van der Waals surface area contributed by atoms with Gasteiger partial charge in [-0.15, -0.1) is 16.9 Å². The molecule has 0 radical (unpaired) electrons. The largest absolute Gasteiger partial charge is 0.383 e. The van der Waals surface area contributed by atoms with Crippen LogP contribution in [0.5, 0.6) is 0 Å². The average Bonchev–Trinajstić information content (AvgIpc) is 3.51. The molecule has 10 heteroatoms. The van der Waals surface area contributed by atoms with Crippen LogP contribution in [0.15, 0.2) is 54.1 Å². The summed E-state index contributed by atoms with van der Waals surface area (Å²) in [4.78, 5) is 8.79. The van der Waals surface area contributed by atoms with Gasteiger partial charge in [-0.2, -0.15) is 10.5 Å². The van der Waals surface area contributed by atoms with E-state index in [1.807, 2.05) is 30.6 Å². The Balaban J connectivity index is 1.46. The van der Waals surface area contributed by atoms with Crippen molar-refractivity contribution in [3.8, 4) is 12.1 Å². The van der Waals surface area contributed by atoms with E-state index in [-0.39, 0.29) is 11.5 Å². The smallest absolute Gasteiger partial charge is 0.103 e. The van der Waals surface area contributed by atoms with Crippen molar-refractivity contribution in [2.45, 2.75) is 45.7 Å². The van der Waals surface area contributed by atoms with Crippen LogP contribution in [-0.2, 0) is 0 Å². The molecule has 1 aliphatic carbocycles. The second-order valence-electron chi connectivity index (χ2n) is 11.2. The Morgan fingerprint density at radius 2 is 1.97 bits per heavy atom. The number of nitrogens with one attached hydrogen (secondary N) is 4. The first-order valence-corrected chi connectivity index (χ1v) is 13.8. The summed E-state index contributed by atoms with van der Waals surface area (Å²) in [6, 6.07) is 10.7. The summed E-state index contributed by atoms with van der Waals surface area (Å²) in [6.07, 6.45) is 9.69. The van der Waals surface area contributed by atoms with Crippen LogP contribution in [0.4, 0.5) is 11.4 Å². The normalized spacial score (nSPS) is 15.9. The number of fused-ring (bicyclic) bond motifs is 2. The molecule has 1 aliphatic heterocycles. The Kier molecular flexibility index (Phi) is 6.22. The predicted octanol–water partition coefficient (Wildman–Crippen LogP) is 5.53. The van der Waals surface area contributed by atoms with E-state index in [0.717, 1.165) is 32.4 Å². The minimum Gasteiger partial charge on any atom is -0.383 e. The molecular formula is C29H29N9S. The fourth-order valence-electron chi connectivity index (χ4n) is 4.76. The fraction of sp³-hybridized carbons (Fsp3) is 0.310. The van der Waals surface area contributed by atoms with Crippen molar-refractivity contribution in [3.63, 3.8) is 0 Å². The van der Waals surface area contributed by atoms with Gasteiger partial charge in [0.05, 0.1) is 38.8 Å². The summed E-state index contributed by atoms with van der Waals surface area (Å²) in [5, 5.41) is 33.2. The number of anilines is 2. The highest BCUT2D eigenvalue weighted by atomic mass is 32.1. The van der Waals surface area contributed by atoms with Crippen molar-refractivity contribution in [2.75, 3.05) is 17.2 Å². The van der Waals surface area contributed by atoms with Gasteiger partial charge in [-0.25, -0.2) is 0 Å². The number of aromatic nitrogens is 2. The lowest BCUT2D eigenvalue weighted by molar-refractivity contribution is 0.260. The van der Waals surface area contributed by atoms with E-state index in [0.29, 0.717) is 34.9 Å². The standard InChI is InChI=1S/C29H29N9S/c1-29(2,3)16-34-27-18(11-31)12-33-26-17(10-30)8-19(9-22(26)27)35-28(24-14-38(37-36-24)20-4-5-20)23-15-39-25-13-32-7-6-21(23)25/h6-9,12-15,20,28,35-37H,4-5,16H2,1-3H3,(H,33,34)/t28-/m0/s1. The van der Waals surface area contributed by atoms with Crippen LogP contribution in [-0.4, -0.2) is 27.6 Å². The molecule has 4 heterocycles. The van der Waals surface area contributed by atoms with Gasteiger partial charge in [-0.1, -0.05) is 20.8 Å². The van der Waals surface area contributed by atoms with Gasteiger partial charge in [0.15, 0.2) is 0 Å². The molecule has 3 aromatic heterocycles. The SMILES string of the molecule is CC(C)(C)CNc1c(C#N)cnc2c(C#N)cc(N[C@H](C3=CN(C4CC4)NN3)c3csc4cnccc34)cc12. The molecule has 9 nitrogen and oxygen atoms in total. The Morgan fingerprint density at radius 1 is 1.15 bits per heavy atom. The Bertz CT molecular complexity index is 1680. The van der Waals surface area contributed by atoms with Crippen LogP contribution >= 0.6 is 11.3 Å². The van der Waals surface area contributed by atoms with Crippen LogP contribution in [0.1, 0.15) is 56.3 Å². The molecule has 6 rings (SSSR count). The molecular weight excluding hydrogens is 506 g/mol. The second-order valence-corrected chi connectivity index (χ2v) is 12.1. The summed E-state index contributed by atoms with van der Waals surface area (Å²) in [7, 11) is 0. The molecule has 1 saturated carbocycles. The monoisotopic (exact) mass is 535 g/mol. The first-order valence-electron chi connectivity index (χ1n) is 12.9. The van der Waals surface area contributed by atoms with Crippen LogP contribution in [0.2, 0.25) is 0 Å². The van der Waals surface area contributed by atoms with E-state index in [1.54, 1.807) is 17.5 Å². The zero-order valence-corrected chi connectivity index (χ0v) is 22.9. The molecule has 0 bridgehead atoms. The van der Waals surface area contributed by atoms with Gasteiger partial charge in [-0.05, 0) is 47.4 Å². The van der Waals surface area contributed by atoms with Gasteiger partial charge in [0.1, 0.15) is 12.1 Å². The lowest BCUT2D eigenvalue weighted by atomic mass is 9.96. The van der Waals surface area contributed by atoms with Gasteiger partial charge in [-0.3, -0.25) is 15.0 Å². The molecule has 39 heavy (non-hydrogen) atoms. The van der Waals surface area contributed by atoms with E-state index in [1.165, 1.54) is 12.8 Å². The van der Waals surface area contributed by atoms with Crippen molar-refractivity contribution in [3.05, 3.63) is 70.8 Å². The molecule has 2 aliphatic rings. The lowest BCUT2D eigenvalue weighted by Gasteiger charge is -2.23. The summed E-state index contributed by atoms with van der Waals surface area (Å²) in [5.41, 5.74) is 11.7. The number of rotatable bonds is 7. The summed E-state index contributed by atoms with van der Waals surface area (Å²) < 4.78 is 1.11. The highest BCUT2D eigenvalue weighted by molar-refractivity contribution is 7.17. The van der Waals surface area contributed by atoms with E-state index >= 15 is 0 Å². The van der Waals surface area contributed by atoms with Gasteiger partial charge >= 0.3 is 0 Å². The number of benzene rings is 1. The summed E-state index contributed by atoms with van der Waals surface area (Å²) >= 11 is 1.66. The average molecular weight is 536 g/mol. The van der Waals surface area contributed by atoms with Crippen LogP contribution in [0.3, 0.4) is 0 Å². The maximum Gasteiger partial charge on any atom is 0.103 e. The molecule has 0 unspecified atom stereocenters. The summed E-state index contributed by atoms with van der Waals surface area (Å²) in [5.74, 6) is 0. The second kappa shape index (κ2) is 9.73. The van der Waals surface area contributed by atoms with Crippen molar-refractivity contribution < 1.29 is 0 Å². The topological polar surface area (TPSA) is 125 Å². The molecule has 0 saturated heterocycles. The van der Waals surface area contributed by atoms with E-state index < -0.39 is 0 Å². The van der Waals surface area contributed by atoms with Gasteiger partial charge in [0, 0.05) is 53.8 Å². The van der Waals surface area contributed by atoms with E-state index in [4.69, 9.17) is 0 Å². The Labute approximate surface area is 231 Å². The molecule has 1 aromatic carbocycles. The molecule has 0 amide bonds. The highest BCUT2D eigenvalue weighted by Gasteiger charge is 2.33. The number of nitrogens with zero attached hydrogens (tertiary/aromatic N) is 5. The van der Waals surface area contributed by atoms with Crippen molar-refractivity contribution >= 4 is 43.7 Å². The van der Waals surface area contributed by atoms with Crippen LogP contribution < -0.4 is 21.6 Å². The zero-order chi connectivity index (χ0) is 27.1. The molecule has 1 fully saturated rings. The molecule has 1 atom stereocenters. The fourth-order valence-corrected chi connectivity index (χ4v) is 5.71. The number of thiophene rings is 1. The lowest BCUT2D eigenvalue weighted by Crippen LogP contribution is -2.38. The molecule has 196 valence electrons. The number of hydrazine groups is 2. The number of pyridine rings is 2. The van der Waals surface area contributed by atoms with Crippen molar-refractivity contribution in [2.24, 2.45) is 5.41 Å². The highest BCUT2D eigenvalue weighted by Crippen LogP contribution is 2.38. The van der Waals surface area contributed by atoms with E-state index in [9.17, 15) is 10.5 Å². The van der Waals surface area contributed by atoms with Gasteiger partial charge in [0.25, 0.3) is 0 Å². The first-order chi connectivity index (χ1) is 18.8. The maximum atomic E-state index is 10.1. The van der Waals surface area contributed by atoms with E-state index in [2.05, 4.69) is 81.1 Å². The number of hydrogen-bond acceptors (Lipinski definition) is 10. The Morgan fingerprint density at radius 3 is 2.72 bits per heavy atom. The Hall–Kier alpha value is -4.38. The molecule has 4 N–H and O–H groups in total. The number of hydrogen-bond donors (Lipinski definition) is 4. The maximum absolute atomic E-state index is 10.1.